The van der Waals surface area contributed by atoms with E-state index in [0.717, 1.165) is 23.4 Å². The largest absolute Gasteiger partial charge is 0.494 e. The second kappa shape index (κ2) is 8.48. The van der Waals surface area contributed by atoms with Crippen molar-refractivity contribution in [2.24, 2.45) is 0 Å². The molecule has 0 spiro atoms. The van der Waals surface area contributed by atoms with Gasteiger partial charge in [-0.05, 0) is 36.4 Å². The van der Waals surface area contributed by atoms with Gasteiger partial charge in [0.1, 0.15) is 0 Å². The maximum Gasteiger partial charge on any atom is 0.183 e. The quantitative estimate of drug-likeness (QED) is 0.603. The molecule has 0 saturated carbocycles. The normalized spacial score (nSPS) is 12.9. The average Bonchev–Trinajstić information content (AvgIpc) is 3.09. The van der Waals surface area contributed by atoms with Gasteiger partial charge in [-0.25, -0.2) is 9.37 Å². The van der Waals surface area contributed by atoms with Crippen LogP contribution in [0.15, 0.2) is 41.8 Å². The van der Waals surface area contributed by atoms with Gasteiger partial charge in [0.25, 0.3) is 0 Å². The number of fused-ring (bicyclic) bond motifs is 1. The number of aromatic nitrogens is 1. The predicted molar refractivity (Wildman–Crippen MR) is 109 cm³/mol. The van der Waals surface area contributed by atoms with E-state index < -0.39 is 5.82 Å². The molecule has 0 saturated heterocycles. The van der Waals surface area contributed by atoms with Crippen molar-refractivity contribution in [1.82, 2.24) is 4.98 Å². The van der Waals surface area contributed by atoms with Crippen molar-refractivity contribution in [2.75, 3.05) is 32.2 Å². The molecule has 3 aromatic rings. The summed E-state index contributed by atoms with van der Waals surface area (Å²) in [6, 6.07) is 9.87. The predicted octanol–water partition coefficient (Wildman–Crippen LogP) is 4.41. The minimum atomic E-state index is -0.565. The van der Waals surface area contributed by atoms with Gasteiger partial charge in [-0.3, -0.25) is 4.79 Å². The lowest BCUT2D eigenvalue weighted by Crippen LogP contribution is -2.14. The number of hydrogen-bond donors (Lipinski definition) is 1. The number of rotatable bonds is 6. The van der Waals surface area contributed by atoms with Gasteiger partial charge in [-0.1, -0.05) is 0 Å². The first-order chi connectivity index (χ1) is 14.1. The Hall–Kier alpha value is -3.13. The number of carbonyl (C=O) groups is 1. The van der Waals surface area contributed by atoms with E-state index in [1.54, 1.807) is 0 Å². The fraction of sp³-hybridized carbons (Fsp3) is 0.238. The summed E-state index contributed by atoms with van der Waals surface area (Å²) in [4.78, 5) is 16.8. The summed E-state index contributed by atoms with van der Waals surface area (Å²) < 4.78 is 30.0. The number of anilines is 1. The number of halogens is 1. The molecule has 1 aliphatic heterocycles. The summed E-state index contributed by atoms with van der Waals surface area (Å²) in [6.07, 6.45) is 0.848. The molecule has 2 heterocycles. The van der Waals surface area contributed by atoms with Crippen LogP contribution in [0.1, 0.15) is 16.8 Å². The molecule has 0 fully saturated rings. The van der Waals surface area contributed by atoms with Crippen molar-refractivity contribution in [3.05, 3.63) is 53.2 Å². The molecular formula is C21H19FN2O4S. The highest BCUT2D eigenvalue weighted by atomic mass is 32.1. The van der Waals surface area contributed by atoms with E-state index in [-0.39, 0.29) is 23.6 Å². The van der Waals surface area contributed by atoms with Gasteiger partial charge >= 0.3 is 0 Å². The molecule has 1 N–H and O–H groups in total. The van der Waals surface area contributed by atoms with Crippen LogP contribution < -0.4 is 19.5 Å². The molecular weight excluding hydrogens is 395 g/mol. The molecule has 8 heteroatoms. The number of nitrogens with zero attached hydrogens (tertiary/aromatic N) is 1. The SMILES string of the molecule is COc1ccc(C(=O)CNc2nc(-c3ccc4c(c3)OCCCO4)cs2)cc1F. The van der Waals surface area contributed by atoms with Gasteiger partial charge in [-0.2, -0.15) is 0 Å². The third-order valence-electron chi connectivity index (χ3n) is 4.42. The maximum absolute atomic E-state index is 13.8. The standard InChI is InChI=1S/C21H19FN2O4S/c1-26-18-5-4-14(9-15(18)22)17(25)11-23-21-24-16(12-29-21)13-3-6-19-20(10-13)28-8-2-7-27-19/h3-6,9-10,12H,2,7-8,11H2,1H3,(H,23,24). The molecule has 29 heavy (non-hydrogen) atoms. The number of benzene rings is 2. The Labute approximate surface area is 171 Å². The van der Waals surface area contributed by atoms with Gasteiger partial charge in [0, 0.05) is 22.9 Å². The minimum absolute atomic E-state index is 0.0138. The van der Waals surface area contributed by atoms with Crippen LogP contribution in [0.2, 0.25) is 0 Å². The van der Waals surface area contributed by atoms with E-state index in [4.69, 9.17) is 14.2 Å². The first-order valence-corrected chi connectivity index (χ1v) is 9.98. The summed E-state index contributed by atoms with van der Waals surface area (Å²) in [5.74, 6) is 0.744. The zero-order chi connectivity index (χ0) is 20.2. The number of Topliss-reactive ketones (excluding diaryl/α,β-unsaturated/α-hetero) is 1. The maximum atomic E-state index is 13.8. The summed E-state index contributed by atoms with van der Waals surface area (Å²) >= 11 is 1.39. The lowest BCUT2D eigenvalue weighted by atomic mass is 10.1. The molecule has 6 nitrogen and oxygen atoms in total. The van der Waals surface area contributed by atoms with Crippen LogP contribution in [0.25, 0.3) is 11.3 Å². The van der Waals surface area contributed by atoms with Gasteiger partial charge in [0.05, 0.1) is 32.6 Å². The Balaban J connectivity index is 1.42. The third-order valence-corrected chi connectivity index (χ3v) is 5.22. The van der Waals surface area contributed by atoms with Crippen molar-refractivity contribution in [3.63, 3.8) is 0 Å². The van der Waals surface area contributed by atoms with E-state index in [2.05, 4.69) is 10.3 Å². The molecule has 1 aromatic heterocycles. The third kappa shape index (κ3) is 4.32. The highest BCUT2D eigenvalue weighted by molar-refractivity contribution is 7.14. The number of ether oxygens (including phenoxy) is 3. The number of nitrogens with one attached hydrogen (secondary N) is 1. The second-order valence-corrected chi connectivity index (χ2v) is 7.23. The number of hydrogen-bond acceptors (Lipinski definition) is 7. The van der Waals surface area contributed by atoms with Crippen LogP contribution in [-0.4, -0.2) is 37.6 Å². The van der Waals surface area contributed by atoms with Gasteiger partial charge in [0.2, 0.25) is 0 Å². The van der Waals surface area contributed by atoms with E-state index in [1.165, 1.54) is 36.6 Å². The molecule has 0 bridgehead atoms. The Morgan fingerprint density at radius 2 is 2.03 bits per heavy atom. The first-order valence-electron chi connectivity index (χ1n) is 9.10. The van der Waals surface area contributed by atoms with Crippen LogP contribution in [0, 0.1) is 5.82 Å². The Bertz CT molecular complexity index is 1040. The lowest BCUT2D eigenvalue weighted by Gasteiger charge is -2.08. The van der Waals surface area contributed by atoms with E-state index in [0.29, 0.717) is 24.1 Å². The summed E-state index contributed by atoms with van der Waals surface area (Å²) in [5.41, 5.74) is 1.95. The molecule has 0 radical (unpaired) electrons. The van der Waals surface area contributed by atoms with Crippen molar-refractivity contribution in [1.29, 1.82) is 0 Å². The van der Waals surface area contributed by atoms with Gasteiger partial charge < -0.3 is 19.5 Å². The molecule has 4 rings (SSSR count). The second-order valence-electron chi connectivity index (χ2n) is 6.38. The molecule has 2 aromatic carbocycles. The Morgan fingerprint density at radius 3 is 2.83 bits per heavy atom. The molecule has 1 aliphatic rings. The van der Waals surface area contributed by atoms with Crippen molar-refractivity contribution < 1.29 is 23.4 Å². The fourth-order valence-corrected chi connectivity index (χ4v) is 3.63. The van der Waals surface area contributed by atoms with E-state index >= 15 is 0 Å². The van der Waals surface area contributed by atoms with Gasteiger partial charge in [0.15, 0.2) is 34.0 Å². The number of carbonyl (C=O) groups excluding carboxylic acids is 1. The van der Waals surface area contributed by atoms with Crippen molar-refractivity contribution >= 4 is 22.3 Å². The first kappa shape index (κ1) is 19.2. The van der Waals surface area contributed by atoms with Crippen LogP contribution >= 0.6 is 11.3 Å². The van der Waals surface area contributed by atoms with E-state index in [1.807, 2.05) is 23.6 Å². The Kier molecular flexibility index (Phi) is 5.62. The highest BCUT2D eigenvalue weighted by Crippen LogP contribution is 2.35. The Morgan fingerprint density at radius 1 is 1.21 bits per heavy atom. The molecule has 0 amide bonds. The van der Waals surface area contributed by atoms with Crippen molar-refractivity contribution in [2.45, 2.75) is 6.42 Å². The van der Waals surface area contributed by atoms with Crippen molar-refractivity contribution in [3.8, 4) is 28.5 Å². The van der Waals surface area contributed by atoms with Crippen LogP contribution in [0.3, 0.4) is 0 Å². The fourth-order valence-electron chi connectivity index (χ4n) is 2.91. The van der Waals surface area contributed by atoms with Gasteiger partial charge in [-0.15, -0.1) is 11.3 Å². The summed E-state index contributed by atoms with van der Waals surface area (Å²) in [5, 5.41) is 5.51. The zero-order valence-electron chi connectivity index (χ0n) is 15.7. The number of thiazole rings is 1. The molecule has 0 unspecified atom stereocenters. The zero-order valence-corrected chi connectivity index (χ0v) is 16.6. The molecule has 0 atom stereocenters. The smallest absolute Gasteiger partial charge is 0.183 e. The highest BCUT2D eigenvalue weighted by Gasteiger charge is 2.14. The summed E-state index contributed by atoms with van der Waals surface area (Å²) in [6.45, 7) is 1.28. The minimum Gasteiger partial charge on any atom is -0.494 e. The van der Waals surface area contributed by atoms with Crippen LogP contribution in [0.5, 0.6) is 17.2 Å². The number of ketones is 1. The average molecular weight is 414 g/mol. The monoisotopic (exact) mass is 414 g/mol. The van der Waals surface area contributed by atoms with Crippen LogP contribution in [-0.2, 0) is 0 Å². The molecule has 0 aliphatic carbocycles. The van der Waals surface area contributed by atoms with E-state index in [9.17, 15) is 9.18 Å². The topological polar surface area (TPSA) is 69.7 Å². The van der Waals surface area contributed by atoms with Crippen LogP contribution in [0.4, 0.5) is 9.52 Å². The molecule has 150 valence electrons. The lowest BCUT2D eigenvalue weighted by molar-refractivity contribution is 0.101. The summed E-state index contributed by atoms with van der Waals surface area (Å²) in [7, 11) is 1.38. The number of methoxy groups -OCH3 is 1.